The van der Waals surface area contributed by atoms with E-state index in [1.165, 1.54) is 0 Å². The van der Waals surface area contributed by atoms with E-state index in [-0.39, 0.29) is 23.8 Å². The summed E-state index contributed by atoms with van der Waals surface area (Å²) in [4.78, 5) is 24.3. The summed E-state index contributed by atoms with van der Waals surface area (Å²) in [5.74, 6) is -0.469. The van der Waals surface area contributed by atoms with Crippen molar-refractivity contribution in [2.24, 2.45) is 0 Å². The molecular formula is C21H23ClN2O3. The Morgan fingerprint density at radius 1 is 0.963 bits per heavy atom. The van der Waals surface area contributed by atoms with Gasteiger partial charge in [-0.3, -0.25) is 9.59 Å². The normalized spacial score (nSPS) is 15.7. The van der Waals surface area contributed by atoms with E-state index in [0.29, 0.717) is 30.3 Å². The Hall–Kier alpha value is -2.37. The van der Waals surface area contributed by atoms with E-state index in [0.717, 1.165) is 18.4 Å². The third kappa shape index (κ3) is 5.08. The highest BCUT2D eigenvalue weighted by Crippen LogP contribution is 2.34. The first-order valence-corrected chi connectivity index (χ1v) is 9.41. The molecule has 2 N–H and O–H groups in total. The molecule has 6 heteroatoms. The van der Waals surface area contributed by atoms with Crippen LogP contribution in [0, 0.1) is 0 Å². The van der Waals surface area contributed by atoms with Crippen LogP contribution in [-0.2, 0) is 14.9 Å². The van der Waals surface area contributed by atoms with E-state index in [9.17, 15) is 9.59 Å². The van der Waals surface area contributed by atoms with Crippen LogP contribution in [0.25, 0.3) is 0 Å². The lowest BCUT2D eigenvalue weighted by Crippen LogP contribution is -2.47. The fourth-order valence-electron chi connectivity index (χ4n) is 3.32. The van der Waals surface area contributed by atoms with Crippen molar-refractivity contribution < 1.29 is 14.3 Å². The SMILES string of the molecule is O=C(CNC(=O)c1ccccc1)NCC1(c2ccc(Cl)cc2)CCOCC1. The molecule has 27 heavy (non-hydrogen) atoms. The molecule has 0 bridgehead atoms. The Kier molecular flexibility index (Phi) is 6.48. The average molecular weight is 387 g/mol. The highest BCUT2D eigenvalue weighted by atomic mass is 35.5. The summed E-state index contributed by atoms with van der Waals surface area (Å²) >= 11 is 6.01. The second kappa shape index (κ2) is 9.02. The lowest BCUT2D eigenvalue weighted by molar-refractivity contribution is -0.120. The lowest BCUT2D eigenvalue weighted by Gasteiger charge is -2.38. The Balaban J connectivity index is 1.58. The first-order chi connectivity index (χ1) is 13.1. The minimum atomic E-state index is -0.260. The standard InChI is InChI=1S/C21H23ClN2O3/c22-18-8-6-17(7-9-18)21(10-12-27-13-11-21)15-24-19(25)14-23-20(26)16-4-2-1-3-5-16/h1-9H,10-15H2,(H,23,26)(H,24,25). The van der Waals surface area contributed by atoms with Crippen molar-refractivity contribution in [3.8, 4) is 0 Å². The second-order valence-corrected chi connectivity index (χ2v) is 7.16. The van der Waals surface area contributed by atoms with Crippen molar-refractivity contribution in [3.63, 3.8) is 0 Å². The van der Waals surface area contributed by atoms with Crippen molar-refractivity contribution in [1.29, 1.82) is 0 Å². The van der Waals surface area contributed by atoms with Gasteiger partial charge in [0.25, 0.3) is 5.91 Å². The molecule has 1 heterocycles. The van der Waals surface area contributed by atoms with Crippen molar-refractivity contribution in [2.75, 3.05) is 26.3 Å². The molecule has 0 aliphatic carbocycles. The zero-order valence-corrected chi connectivity index (χ0v) is 15.8. The molecule has 0 radical (unpaired) electrons. The molecule has 0 spiro atoms. The van der Waals surface area contributed by atoms with Gasteiger partial charge in [0, 0.05) is 35.8 Å². The smallest absolute Gasteiger partial charge is 0.251 e. The van der Waals surface area contributed by atoms with E-state index in [1.807, 2.05) is 30.3 Å². The van der Waals surface area contributed by atoms with Crippen LogP contribution in [0.1, 0.15) is 28.8 Å². The summed E-state index contributed by atoms with van der Waals surface area (Å²) in [6.07, 6.45) is 1.65. The van der Waals surface area contributed by atoms with Crippen LogP contribution < -0.4 is 10.6 Å². The van der Waals surface area contributed by atoms with E-state index in [2.05, 4.69) is 10.6 Å². The number of halogens is 1. The van der Waals surface area contributed by atoms with Crippen LogP contribution in [0.4, 0.5) is 0 Å². The van der Waals surface area contributed by atoms with E-state index in [1.54, 1.807) is 24.3 Å². The van der Waals surface area contributed by atoms with Gasteiger partial charge < -0.3 is 15.4 Å². The highest BCUT2D eigenvalue weighted by Gasteiger charge is 2.34. The maximum atomic E-state index is 12.3. The number of carbonyl (C=O) groups is 2. The van der Waals surface area contributed by atoms with Crippen LogP contribution in [0.2, 0.25) is 5.02 Å². The van der Waals surface area contributed by atoms with Crippen molar-refractivity contribution >= 4 is 23.4 Å². The van der Waals surface area contributed by atoms with Gasteiger partial charge in [-0.05, 0) is 42.7 Å². The first kappa shape index (κ1) is 19.4. The summed E-state index contributed by atoms with van der Waals surface area (Å²) < 4.78 is 5.51. The molecule has 0 atom stereocenters. The molecule has 1 aliphatic heterocycles. The molecule has 5 nitrogen and oxygen atoms in total. The van der Waals surface area contributed by atoms with Crippen molar-refractivity contribution in [3.05, 3.63) is 70.7 Å². The van der Waals surface area contributed by atoms with Gasteiger partial charge in [-0.1, -0.05) is 41.9 Å². The molecular weight excluding hydrogens is 364 g/mol. The van der Waals surface area contributed by atoms with E-state index in [4.69, 9.17) is 16.3 Å². The predicted octanol–water partition coefficient (Wildman–Crippen LogP) is 2.93. The Bertz CT molecular complexity index is 772. The minimum Gasteiger partial charge on any atom is -0.381 e. The number of benzene rings is 2. The molecule has 0 unspecified atom stereocenters. The Labute approximate surface area is 164 Å². The van der Waals surface area contributed by atoms with E-state index < -0.39 is 0 Å². The van der Waals surface area contributed by atoms with Crippen LogP contribution in [0.3, 0.4) is 0 Å². The molecule has 0 saturated carbocycles. The maximum Gasteiger partial charge on any atom is 0.251 e. The molecule has 1 saturated heterocycles. The van der Waals surface area contributed by atoms with Gasteiger partial charge >= 0.3 is 0 Å². The van der Waals surface area contributed by atoms with Crippen LogP contribution >= 0.6 is 11.6 Å². The zero-order valence-electron chi connectivity index (χ0n) is 15.0. The monoisotopic (exact) mass is 386 g/mol. The summed E-state index contributed by atoms with van der Waals surface area (Å²) in [5.41, 5.74) is 1.50. The predicted molar refractivity (Wildman–Crippen MR) is 105 cm³/mol. The molecule has 3 rings (SSSR count). The van der Waals surface area contributed by atoms with Gasteiger partial charge in [-0.2, -0.15) is 0 Å². The summed E-state index contributed by atoms with van der Waals surface area (Å²) in [6.45, 7) is 1.76. The molecule has 1 aliphatic rings. The van der Waals surface area contributed by atoms with Gasteiger partial charge in [0.1, 0.15) is 0 Å². The number of hydrogen-bond donors (Lipinski definition) is 2. The third-order valence-electron chi connectivity index (χ3n) is 4.98. The summed E-state index contributed by atoms with van der Waals surface area (Å²) in [7, 11) is 0. The highest BCUT2D eigenvalue weighted by molar-refractivity contribution is 6.30. The topological polar surface area (TPSA) is 67.4 Å². The average Bonchev–Trinajstić information content (AvgIpc) is 2.72. The number of ether oxygens (including phenoxy) is 1. The molecule has 0 aromatic heterocycles. The third-order valence-corrected chi connectivity index (χ3v) is 5.23. The van der Waals surface area contributed by atoms with Gasteiger partial charge in [0.05, 0.1) is 6.54 Å². The lowest BCUT2D eigenvalue weighted by atomic mass is 9.74. The summed E-state index contributed by atoms with van der Waals surface area (Å²) in [5, 5.41) is 6.31. The molecule has 2 aromatic carbocycles. The maximum absolute atomic E-state index is 12.3. The van der Waals surface area contributed by atoms with Crippen molar-refractivity contribution in [2.45, 2.75) is 18.3 Å². The van der Waals surface area contributed by atoms with Gasteiger partial charge in [0.2, 0.25) is 5.91 Å². The molecule has 1 fully saturated rings. The molecule has 142 valence electrons. The van der Waals surface area contributed by atoms with Crippen LogP contribution in [-0.4, -0.2) is 38.1 Å². The largest absolute Gasteiger partial charge is 0.381 e. The van der Waals surface area contributed by atoms with Crippen molar-refractivity contribution in [1.82, 2.24) is 10.6 Å². The zero-order chi connectivity index (χ0) is 19.1. The number of hydrogen-bond acceptors (Lipinski definition) is 3. The minimum absolute atomic E-state index is 0.0546. The fraction of sp³-hybridized carbons (Fsp3) is 0.333. The number of nitrogens with one attached hydrogen (secondary N) is 2. The quantitative estimate of drug-likeness (QED) is 0.802. The van der Waals surface area contributed by atoms with E-state index >= 15 is 0 Å². The summed E-state index contributed by atoms with van der Waals surface area (Å²) in [6, 6.07) is 16.6. The Morgan fingerprint density at radius 3 is 2.30 bits per heavy atom. The molecule has 2 aromatic rings. The fourth-order valence-corrected chi connectivity index (χ4v) is 3.44. The van der Waals surface area contributed by atoms with Gasteiger partial charge in [-0.25, -0.2) is 0 Å². The van der Waals surface area contributed by atoms with Crippen LogP contribution in [0.15, 0.2) is 54.6 Å². The van der Waals surface area contributed by atoms with Gasteiger partial charge in [-0.15, -0.1) is 0 Å². The second-order valence-electron chi connectivity index (χ2n) is 6.73. The van der Waals surface area contributed by atoms with Gasteiger partial charge in [0.15, 0.2) is 0 Å². The number of carbonyl (C=O) groups excluding carboxylic acids is 2. The number of rotatable bonds is 6. The first-order valence-electron chi connectivity index (χ1n) is 9.03. The molecule has 2 amide bonds. The Morgan fingerprint density at radius 2 is 1.63 bits per heavy atom. The number of amides is 2. The van der Waals surface area contributed by atoms with Crippen LogP contribution in [0.5, 0.6) is 0 Å².